The van der Waals surface area contributed by atoms with Crippen LogP contribution in [0.4, 0.5) is 0 Å². The molecule has 1 amide bonds. The van der Waals surface area contributed by atoms with Gasteiger partial charge in [-0.25, -0.2) is 4.79 Å². The highest BCUT2D eigenvalue weighted by atomic mass is 35.5. The van der Waals surface area contributed by atoms with Crippen molar-refractivity contribution >= 4 is 34.4 Å². The molecule has 2 aromatic carbocycles. The molecule has 3 aromatic rings. The third kappa shape index (κ3) is 3.30. The van der Waals surface area contributed by atoms with Crippen LogP contribution in [0.5, 0.6) is 0 Å². The van der Waals surface area contributed by atoms with Crippen LogP contribution in [-0.2, 0) is 7.05 Å². The van der Waals surface area contributed by atoms with Crippen molar-refractivity contribution < 1.29 is 14.7 Å². The molecule has 0 bridgehead atoms. The normalized spacial score (nSPS) is 12.2. The molecule has 6 heteroatoms. The standard InChI is InChI=1S/C20H19ClN2O3/c1-11-8-17-15(9-16(11)21)10-18(23(17)3)19(24)22-12(2)13-4-6-14(7-5-13)20(25)26/h4-10,12H,1-3H3,(H,22,24)(H,25,26)/t12-/m1/s1. The van der Waals surface area contributed by atoms with Gasteiger partial charge in [-0.05, 0) is 55.3 Å². The minimum absolute atomic E-state index is 0.202. The second-order valence-electron chi connectivity index (χ2n) is 6.37. The summed E-state index contributed by atoms with van der Waals surface area (Å²) in [6.45, 7) is 3.79. The molecule has 0 aliphatic carbocycles. The summed E-state index contributed by atoms with van der Waals surface area (Å²) in [5.41, 5.74) is 3.49. The van der Waals surface area contributed by atoms with Gasteiger partial charge in [0.05, 0.1) is 11.6 Å². The fourth-order valence-electron chi connectivity index (χ4n) is 2.95. The number of fused-ring (bicyclic) bond motifs is 1. The van der Waals surface area contributed by atoms with Gasteiger partial charge in [-0.1, -0.05) is 23.7 Å². The molecule has 0 saturated heterocycles. The first-order chi connectivity index (χ1) is 12.3. The summed E-state index contributed by atoms with van der Waals surface area (Å²) >= 11 is 6.18. The number of halogens is 1. The predicted octanol–water partition coefficient (Wildman–Crippen LogP) is 4.33. The average Bonchev–Trinajstić information content (AvgIpc) is 2.91. The average molecular weight is 371 g/mol. The van der Waals surface area contributed by atoms with Gasteiger partial charge in [-0.3, -0.25) is 4.79 Å². The molecule has 26 heavy (non-hydrogen) atoms. The molecule has 0 radical (unpaired) electrons. The summed E-state index contributed by atoms with van der Waals surface area (Å²) in [6.07, 6.45) is 0. The van der Waals surface area contributed by atoms with E-state index in [-0.39, 0.29) is 17.5 Å². The van der Waals surface area contributed by atoms with Crippen molar-refractivity contribution in [3.63, 3.8) is 0 Å². The van der Waals surface area contributed by atoms with Crippen molar-refractivity contribution in [2.24, 2.45) is 7.05 Å². The van der Waals surface area contributed by atoms with Crippen molar-refractivity contribution in [3.8, 4) is 0 Å². The van der Waals surface area contributed by atoms with Crippen LogP contribution in [0, 0.1) is 6.92 Å². The van der Waals surface area contributed by atoms with E-state index in [4.69, 9.17) is 16.7 Å². The molecule has 1 heterocycles. The number of carboxylic acids is 1. The Bertz CT molecular complexity index is 1010. The van der Waals surface area contributed by atoms with Crippen LogP contribution in [0.15, 0.2) is 42.5 Å². The largest absolute Gasteiger partial charge is 0.478 e. The van der Waals surface area contributed by atoms with E-state index in [1.165, 1.54) is 12.1 Å². The number of aryl methyl sites for hydroxylation is 2. The lowest BCUT2D eigenvalue weighted by Crippen LogP contribution is -2.28. The van der Waals surface area contributed by atoms with Gasteiger partial charge in [0.2, 0.25) is 0 Å². The highest BCUT2D eigenvalue weighted by Gasteiger charge is 2.17. The number of nitrogens with zero attached hydrogens (tertiary/aromatic N) is 1. The number of hydrogen-bond acceptors (Lipinski definition) is 2. The lowest BCUT2D eigenvalue weighted by molar-refractivity contribution is 0.0696. The Morgan fingerprint density at radius 1 is 1.15 bits per heavy atom. The van der Waals surface area contributed by atoms with E-state index in [1.807, 2.05) is 43.7 Å². The Balaban J connectivity index is 1.84. The molecular formula is C20H19ClN2O3. The maximum absolute atomic E-state index is 12.7. The molecule has 0 saturated carbocycles. The molecule has 2 N–H and O–H groups in total. The minimum atomic E-state index is -0.974. The maximum atomic E-state index is 12.7. The van der Waals surface area contributed by atoms with Gasteiger partial charge in [0.15, 0.2) is 0 Å². The number of carboxylic acid groups (broad SMARTS) is 1. The Hall–Kier alpha value is -2.79. The zero-order valence-corrected chi connectivity index (χ0v) is 15.5. The molecule has 0 aliphatic rings. The molecule has 1 atom stereocenters. The third-order valence-electron chi connectivity index (χ3n) is 4.56. The second kappa shape index (κ2) is 6.84. The number of rotatable bonds is 4. The molecule has 5 nitrogen and oxygen atoms in total. The van der Waals surface area contributed by atoms with Crippen LogP contribution < -0.4 is 5.32 Å². The molecule has 134 valence electrons. The van der Waals surface area contributed by atoms with E-state index >= 15 is 0 Å². The maximum Gasteiger partial charge on any atom is 0.335 e. The second-order valence-corrected chi connectivity index (χ2v) is 6.78. The fraction of sp³-hybridized carbons (Fsp3) is 0.200. The lowest BCUT2D eigenvalue weighted by atomic mass is 10.1. The number of aromatic carboxylic acids is 1. The van der Waals surface area contributed by atoms with Crippen LogP contribution in [0.25, 0.3) is 10.9 Å². The Morgan fingerprint density at radius 3 is 2.42 bits per heavy atom. The summed E-state index contributed by atoms with van der Waals surface area (Å²) < 4.78 is 1.84. The van der Waals surface area contributed by atoms with Crippen LogP contribution in [0.3, 0.4) is 0 Å². The SMILES string of the molecule is Cc1cc2c(cc1Cl)cc(C(=O)N[C@H](C)c1ccc(C(=O)O)cc1)n2C. The summed E-state index contributed by atoms with van der Waals surface area (Å²) in [5.74, 6) is -1.18. The summed E-state index contributed by atoms with van der Waals surface area (Å²) in [7, 11) is 1.84. The van der Waals surface area contributed by atoms with Crippen molar-refractivity contribution in [3.05, 3.63) is 69.9 Å². The summed E-state index contributed by atoms with van der Waals surface area (Å²) in [5, 5.41) is 13.5. The van der Waals surface area contributed by atoms with Gasteiger partial charge >= 0.3 is 5.97 Å². The minimum Gasteiger partial charge on any atom is -0.478 e. The van der Waals surface area contributed by atoms with Gasteiger partial charge in [0, 0.05) is 23.0 Å². The van der Waals surface area contributed by atoms with Crippen molar-refractivity contribution in [2.45, 2.75) is 19.9 Å². The van der Waals surface area contributed by atoms with Crippen molar-refractivity contribution in [2.75, 3.05) is 0 Å². The monoisotopic (exact) mass is 370 g/mol. The topological polar surface area (TPSA) is 71.3 Å². The van der Waals surface area contributed by atoms with E-state index in [2.05, 4.69) is 5.32 Å². The summed E-state index contributed by atoms with van der Waals surface area (Å²) in [4.78, 5) is 23.6. The van der Waals surface area contributed by atoms with E-state index in [1.54, 1.807) is 12.1 Å². The van der Waals surface area contributed by atoms with Gasteiger partial charge in [0.25, 0.3) is 5.91 Å². The van der Waals surface area contributed by atoms with Crippen LogP contribution in [-0.4, -0.2) is 21.6 Å². The molecule has 0 spiro atoms. The quantitative estimate of drug-likeness (QED) is 0.718. The molecule has 3 rings (SSSR count). The Morgan fingerprint density at radius 2 is 1.81 bits per heavy atom. The van der Waals surface area contributed by atoms with Crippen LogP contribution >= 0.6 is 11.6 Å². The van der Waals surface area contributed by atoms with Crippen molar-refractivity contribution in [1.82, 2.24) is 9.88 Å². The van der Waals surface area contributed by atoms with Gasteiger partial charge in [-0.15, -0.1) is 0 Å². The van der Waals surface area contributed by atoms with Crippen molar-refractivity contribution in [1.29, 1.82) is 0 Å². The molecule has 0 aliphatic heterocycles. The number of hydrogen-bond donors (Lipinski definition) is 2. The van der Waals surface area contributed by atoms with Crippen LogP contribution in [0.1, 0.15) is 44.9 Å². The number of carbonyl (C=O) groups is 2. The highest BCUT2D eigenvalue weighted by Crippen LogP contribution is 2.26. The van der Waals surface area contributed by atoms with E-state index in [9.17, 15) is 9.59 Å². The van der Waals surface area contributed by atoms with Gasteiger partial charge < -0.3 is 15.0 Å². The zero-order valence-electron chi connectivity index (χ0n) is 14.7. The molecule has 1 aromatic heterocycles. The highest BCUT2D eigenvalue weighted by molar-refractivity contribution is 6.32. The van der Waals surface area contributed by atoms with Crippen LogP contribution in [0.2, 0.25) is 5.02 Å². The molecule has 0 fully saturated rings. The van der Waals surface area contributed by atoms with E-state index in [0.717, 1.165) is 22.0 Å². The Labute approximate surface area is 156 Å². The smallest absolute Gasteiger partial charge is 0.335 e. The first kappa shape index (κ1) is 18.0. The zero-order chi connectivity index (χ0) is 19.0. The third-order valence-corrected chi connectivity index (χ3v) is 4.97. The molecular weight excluding hydrogens is 352 g/mol. The summed E-state index contributed by atoms with van der Waals surface area (Å²) in [6, 6.07) is 11.9. The first-order valence-electron chi connectivity index (χ1n) is 8.17. The lowest BCUT2D eigenvalue weighted by Gasteiger charge is -2.15. The Kier molecular flexibility index (Phi) is 4.74. The van der Waals surface area contributed by atoms with Gasteiger partial charge in [-0.2, -0.15) is 0 Å². The molecule has 0 unspecified atom stereocenters. The van der Waals surface area contributed by atoms with E-state index < -0.39 is 5.97 Å². The fourth-order valence-corrected chi connectivity index (χ4v) is 3.12. The number of benzene rings is 2. The predicted molar refractivity (Wildman–Crippen MR) is 102 cm³/mol. The number of nitrogens with one attached hydrogen (secondary N) is 1. The number of carbonyl (C=O) groups excluding carboxylic acids is 1. The number of aromatic nitrogens is 1. The number of amides is 1. The first-order valence-corrected chi connectivity index (χ1v) is 8.55. The van der Waals surface area contributed by atoms with Gasteiger partial charge in [0.1, 0.15) is 5.69 Å². The van der Waals surface area contributed by atoms with E-state index in [0.29, 0.717) is 10.7 Å².